The first-order chi connectivity index (χ1) is 9.70. The molecule has 1 aliphatic heterocycles. The van der Waals surface area contributed by atoms with E-state index in [1.165, 1.54) is 12.1 Å². The second-order valence-electron chi connectivity index (χ2n) is 7.18. The van der Waals surface area contributed by atoms with Crippen LogP contribution in [-0.2, 0) is 5.92 Å². The summed E-state index contributed by atoms with van der Waals surface area (Å²) in [6, 6.07) is 8.48. The van der Waals surface area contributed by atoms with Crippen LogP contribution in [-0.4, -0.2) is 36.6 Å². The van der Waals surface area contributed by atoms with E-state index in [2.05, 4.69) is 26.1 Å². The Morgan fingerprint density at radius 1 is 1.19 bits per heavy atom. The standard InChI is InChI=1S/C17H26F2N2/c1-13-10-20-15(16(2,3)4)11-21(13)12-17(18,19)14-8-6-5-7-9-14/h5-9,13,15,20H,10-12H2,1-4H3. The molecule has 1 heterocycles. The Morgan fingerprint density at radius 3 is 2.38 bits per heavy atom. The molecule has 2 nitrogen and oxygen atoms in total. The molecule has 1 saturated heterocycles. The van der Waals surface area contributed by atoms with Gasteiger partial charge < -0.3 is 5.32 Å². The fourth-order valence-electron chi connectivity index (χ4n) is 2.75. The molecule has 0 spiro atoms. The summed E-state index contributed by atoms with van der Waals surface area (Å²) in [4.78, 5) is 1.92. The van der Waals surface area contributed by atoms with Crippen LogP contribution < -0.4 is 5.32 Å². The first kappa shape index (κ1) is 16.4. The van der Waals surface area contributed by atoms with E-state index in [1.54, 1.807) is 18.2 Å². The molecule has 0 saturated carbocycles. The summed E-state index contributed by atoms with van der Waals surface area (Å²) in [6.45, 7) is 9.65. The van der Waals surface area contributed by atoms with Gasteiger partial charge in [-0.15, -0.1) is 0 Å². The number of hydrogen-bond donors (Lipinski definition) is 1. The van der Waals surface area contributed by atoms with Crippen LogP contribution in [0.1, 0.15) is 33.3 Å². The quantitative estimate of drug-likeness (QED) is 0.918. The zero-order valence-electron chi connectivity index (χ0n) is 13.4. The second kappa shape index (κ2) is 6.01. The Bertz CT molecular complexity index is 454. The van der Waals surface area contributed by atoms with E-state index in [-0.39, 0.29) is 29.6 Å². The van der Waals surface area contributed by atoms with Crippen LogP contribution in [0.4, 0.5) is 8.78 Å². The van der Waals surface area contributed by atoms with Gasteiger partial charge in [0.2, 0.25) is 0 Å². The lowest BCUT2D eigenvalue weighted by Crippen LogP contribution is -2.60. The number of nitrogens with one attached hydrogen (secondary N) is 1. The number of hydrogen-bond acceptors (Lipinski definition) is 2. The third kappa shape index (κ3) is 4.01. The van der Waals surface area contributed by atoms with Gasteiger partial charge in [0.1, 0.15) is 0 Å². The number of halogens is 2. The van der Waals surface area contributed by atoms with Crippen molar-refractivity contribution < 1.29 is 8.78 Å². The van der Waals surface area contributed by atoms with E-state index in [0.717, 1.165) is 6.54 Å². The van der Waals surface area contributed by atoms with Gasteiger partial charge in [0.25, 0.3) is 5.92 Å². The van der Waals surface area contributed by atoms with Crippen LogP contribution >= 0.6 is 0 Å². The topological polar surface area (TPSA) is 15.3 Å². The number of rotatable bonds is 3. The van der Waals surface area contributed by atoms with E-state index in [4.69, 9.17) is 0 Å². The summed E-state index contributed by atoms with van der Waals surface area (Å²) < 4.78 is 29.0. The smallest absolute Gasteiger partial charge is 0.285 e. The molecular formula is C17H26F2N2. The van der Waals surface area contributed by atoms with Gasteiger partial charge in [-0.3, -0.25) is 4.90 Å². The second-order valence-corrected chi connectivity index (χ2v) is 7.18. The molecule has 4 heteroatoms. The fourth-order valence-corrected chi connectivity index (χ4v) is 2.75. The molecule has 1 aromatic rings. The van der Waals surface area contributed by atoms with Gasteiger partial charge in [-0.2, -0.15) is 8.78 Å². The van der Waals surface area contributed by atoms with Crippen molar-refractivity contribution in [2.24, 2.45) is 5.41 Å². The van der Waals surface area contributed by atoms with Crippen molar-refractivity contribution in [2.45, 2.75) is 45.7 Å². The summed E-state index contributed by atoms with van der Waals surface area (Å²) in [5.41, 5.74) is 0.170. The van der Waals surface area contributed by atoms with Crippen molar-refractivity contribution in [3.8, 4) is 0 Å². The van der Waals surface area contributed by atoms with Gasteiger partial charge >= 0.3 is 0 Å². The van der Waals surface area contributed by atoms with Crippen LogP contribution in [0.5, 0.6) is 0 Å². The van der Waals surface area contributed by atoms with Crippen molar-refractivity contribution in [2.75, 3.05) is 19.6 Å². The van der Waals surface area contributed by atoms with Crippen LogP contribution in [0.3, 0.4) is 0 Å². The minimum Gasteiger partial charge on any atom is -0.311 e. The van der Waals surface area contributed by atoms with E-state index in [9.17, 15) is 8.78 Å². The van der Waals surface area contributed by atoms with Crippen LogP contribution in [0.25, 0.3) is 0 Å². The highest BCUT2D eigenvalue weighted by Gasteiger charge is 2.39. The predicted octanol–water partition coefficient (Wildman–Crippen LogP) is 3.49. The van der Waals surface area contributed by atoms with Crippen LogP contribution in [0, 0.1) is 5.41 Å². The molecule has 0 amide bonds. The summed E-state index contributed by atoms with van der Waals surface area (Å²) in [5, 5.41) is 3.48. The van der Waals surface area contributed by atoms with Crippen LogP contribution in [0.15, 0.2) is 30.3 Å². The SMILES string of the molecule is CC1CNC(C(C)(C)C)CN1CC(F)(F)c1ccccc1. The Morgan fingerprint density at radius 2 is 1.81 bits per heavy atom. The Kier molecular flexibility index (Phi) is 4.69. The number of benzene rings is 1. The predicted molar refractivity (Wildman–Crippen MR) is 82.6 cm³/mol. The summed E-state index contributed by atoms with van der Waals surface area (Å²) in [6.07, 6.45) is 0. The highest BCUT2D eigenvalue weighted by Crippen LogP contribution is 2.31. The molecule has 0 bridgehead atoms. The summed E-state index contributed by atoms with van der Waals surface area (Å²) in [7, 11) is 0. The molecule has 2 unspecified atom stereocenters. The molecule has 0 aliphatic carbocycles. The van der Waals surface area contributed by atoms with Gasteiger partial charge in [0, 0.05) is 30.7 Å². The summed E-state index contributed by atoms with van der Waals surface area (Å²) >= 11 is 0. The molecule has 1 aliphatic rings. The molecule has 2 rings (SSSR count). The molecule has 1 aromatic carbocycles. The van der Waals surface area contributed by atoms with Gasteiger partial charge in [-0.05, 0) is 12.3 Å². The average molecular weight is 296 g/mol. The number of nitrogens with zero attached hydrogens (tertiary/aromatic N) is 1. The molecular weight excluding hydrogens is 270 g/mol. The minimum absolute atomic E-state index is 0.0699. The van der Waals surface area contributed by atoms with Crippen molar-refractivity contribution in [1.82, 2.24) is 10.2 Å². The minimum atomic E-state index is -2.81. The lowest BCUT2D eigenvalue weighted by atomic mass is 9.84. The number of piperazine rings is 1. The van der Waals surface area contributed by atoms with Crippen molar-refractivity contribution >= 4 is 0 Å². The molecule has 0 aromatic heterocycles. The Hall–Kier alpha value is -1.00. The zero-order valence-corrected chi connectivity index (χ0v) is 13.4. The lowest BCUT2D eigenvalue weighted by molar-refractivity contribution is -0.0589. The van der Waals surface area contributed by atoms with Gasteiger partial charge in [0.05, 0.1) is 6.54 Å². The third-order valence-corrected chi connectivity index (χ3v) is 4.34. The van der Waals surface area contributed by atoms with Crippen LogP contribution in [0.2, 0.25) is 0 Å². The van der Waals surface area contributed by atoms with E-state index in [1.807, 2.05) is 11.8 Å². The molecule has 2 atom stereocenters. The van der Waals surface area contributed by atoms with Gasteiger partial charge in [-0.25, -0.2) is 0 Å². The molecule has 1 fully saturated rings. The van der Waals surface area contributed by atoms with Crippen molar-refractivity contribution in [3.63, 3.8) is 0 Å². The maximum atomic E-state index is 14.5. The fraction of sp³-hybridized carbons (Fsp3) is 0.647. The molecule has 21 heavy (non-hydrogen) atoms. The molecule has 0 radical (unpaired) electrons. The van der Waals surface area contributed by atoms with Gasteiger partial charge in [0.15, 0.2) is 0 Å². The van der Waals surface area contributed by atoms with E-state index < -0.39 is 5.92 Å². The average Bonchev–Trinajstić information content (AvgIpc) is 2.41. The van der Waals surface area contributed by atoms with E-state index >= 15 is 0 Å². The third-order valence-electron chi connectivity index (χ3n) is 4.34. The first-order valence-electron chi connectivity index (χ1n) is 7.61. The van der Waals surface area contributed by atoms with Crippen molar-refractivity contribution in [3.05, 3.63) is 35.9 Å². The highest BCUT2D eigenvalue weighted by atomic mass is 19.3. The monoisotopic (exact) mass is 296 g/mol. The Labute approximate surface area is 126 Å². The molecule has 118 valence electrons. The maximum absolute atomic E-state index is 14.5. The zero-order chi connectivity index (χ0) is 15.7. The van der Waals surface area contributed by atoms with E-state index in [0.29, 0.717) is 6.54 Å². The first-order valence-corrected chi connectivity index (χ1v) is 7.61. The molecule has 1 N–H and O–H groups in total. The maximum Gasteiger partial charge on any atom is 0.285 e. The largest absolute Gasteiger partial charge is 0.311 e. The lowest BCUT2D eigenvalue weighted by Gasteiger charge is -2.44. The number of alkyl halides is 2. The summed E-state index contributed by atoms with van der Waals surface area (Å²) in [5.74, 6) is -2.81. The van der Waals surface area contributed by atoms with Gasteiger partial charge in [-0.1, -0.05) is 51.1 Å². The highest BCUT2D eigenvalue weighted by molar-refractivity contribution is 5.20. The van der Waals surface area contributed by atoms with Crippen molar-refractivity contribution in [1.29, 1.82) is 0 Å². The Balaban J connectivity index is 2.10. The normalized spacial score (nSPS) is 25.0.